The maximum absolute atomic E-state index is 13.3. The van der Waals surface area contributed by atoms with Crippen LogP contribution in [0, 0.1) is 5.82 Å². The number of nitrogen functional groups attached to an aromatic ring is 1. The van der Waals surface area contributed by atoms with Crippen molar-refractivity contribution < 1.29 is 13.9 Å². The van der Waals surface area contributed by atoms with Gasteiger partial charge in [0, 0.05) is 16.8 Å². The number of hydrogen-bond donors (Lipinski definition) is 1. The number of ether oxygens (including phenoxy) is 1. The third kappa shape index (κ3) is 3.17. The maximum Gasteiger partial charge on any atom is 0.193 e. The smallest absolute Gasteiger partial charge is 0.193 e. The van der Waals surface area contributed by atoms with Gasteiger partial charge in [-0.05, 0) is 59.3 Å². The fourth-order valence-electron chi connectivity index (χ4n) is 1.82. The fourth-order valence-corrected chi connectivity index (χ4v) is 2.32. The minimum atomic E-state index is -0.529. The molecule has 0 heterocycles. The lowest BCUT2D eigenvalue weighted by Crippen LogP contribution is -2.04. The first kappa shape index (κ1) is 14.5. The highest BCUT2D eigenvalue weighted by molar-refractivity contribution is 9.10. The molecule has 0 aliphatic carbocycles. The molecule has 104 valence electrons. The van der Waals surface area contributed by atoms with Crippen molar-refractivity contribution in [2.45, 2.75) is 6.92 Å². The van der Waals surface area contributed by atoms with Crippen molar-refractivity contribution in [1.29, 1.82) is 0 Å². The Balaban J connectivity index is 2.36. The van der Waals surface area contributed by atoms with Crippen molar-refractivity contribution in [3.63, 3.8) is 0 Å². The van der Waals surface area contributed by atoms with Crippen LogP contribution >= 0.6 is 15.9 Å². The number of rotatable bonds is 4. The van der Waals surface area contributed by atoms with Crippen LogP contribution in [0.2, 0.25) is 0 Å². The molecule has 2 aromatic carbocycles. The Hall–Kier alpha value is -1.88. The molecule has 5 heteroatoms. The Morgan fingerprint density at radius 3 is 2.60 bits per heavy atom. The van der Waals surface area contributed by atoms with E-state index in [1.807, 2.05) is 6.92 Å². The summed E-state index contributed by atoms with van der Waals surface area (Å²) in [6.45, 7) is 2.41. The van der Waals surface area contributed by atoms with Gasteiger partial charge in [-0.2, -0.15) is 0 Å². The van der Waals surface area contributed by atoms with E-state index >= 15 is 0 Å². The lowest BCUT2D eigenvalue weighted by Gasteiger charge is -2.08. The van der Waals surface area contributed by atoms with E-state index in [1.165, 1.54) is 18.2 Å². The number of hydrogen-bond acceptors (Lipinski definition) is 3. The Labute approximate surface area is 124 Å². The molecule has 0 amide bonds. The summed E-state index contributed by atoms with van der Waals surface area (Å²) in [4.78, 5) is 12.3. The van der Waals surface area contributed by atoms with Crippen molar-refractivity contribution in [2.75, 3.05) is 12.3 Å². The zero-order valence-electron chi connectivity index (χ0n) is 10.8. The molecule has 0 aromatic heterocycles. The summed E-state index contributed by atoms with van der Waals surface area (Å²) in [6.07, 6.45) is 0. The average Bonchev–Trinajstić information content (AvgIpc) is 2.39. The van der Waals surface area contributed by atoms with E-state index in [9.17, 15) is 9.18 Å². The number of nitrogens with two attached hydrogens (primary N) is 1. The van der Waals surface area contributed by atoms with Crippen molar-refractivity contribution in [1.82, 2.24) is 0 Å². The van der Waals surface area contributed by atoms with Gasteiger partial charge < -0.3 is 10.5 Å². The van der Waals surface area contributed by atoms with Crippen LogP contribution in [0.4, 0.5) is 10.1 Å². The maximum atomic E-state index is 13.3. The van der Waals surface area contributed by atoms with Gasteiger partial charge in [0.1, 0.15) is 11.6 Å². The van der Waals surface area contributed by atoms with E-state index in [0.29, 0.717) is 22.4 Å². The van der Waals surface area contributed by atoms with E-state index in [0.717, 1.165) is 0 Å². The van der Waals surface area contributed by atoms with E-state index in [2.05, 4.69) is 15.9 Å². The number of halogens is 2. The summed E-state index contributed by atoms with van der Waals surface area (Å²) < 4.78 is 19.3. The van der Waals surface area contributed by atoms with Crippen LogP contribution in [-0.4, -0.2) is 12.4 Å². The zero-order valence-corrected chi connectivity index (χ0v) is 12.4. The zero-order chi connectivity index (χ0) is 14.7. The molecule has 2 aromatic rings. The second kappa shape index (κ2) is 6.05. The monoisotopic (exact) mass is 337 g/mol. The molecule has 0 saturated heterocycles. The molecular weight excluding hydrogens is 325 g/mol. The molecule has 0 fully saturated rings. The van der Waals surface area contributed by atoms with E-state index < -0.39 is 5.82 Å². The van der Waals surface area contributed by atoms with Crippen molar-refractivity contribution >= 4 is 27.4 Å². The topological polar surface area (TPSA) is 52.3 Å². The highest BCUT2D eigenvalue weighted by atomic mass is 79.9. The second-order valence-electron chi connectivity index (χ2n) is 4.18. The van der Waals surface area contributed by atoms with Crippen LogP contribution in [0.15, 0.2) is 40.9 Å². The molecule has 0 aliphatic heterocycles. The third-order valence-electron chi connectivity index (χ3n) is 2.68. The largest absolute Gasteiger partial charge is 0.493 e. The van der Waals surface area contributed by atoms with Gasteiger partial charge in [-0.25, -0.2) is 4.39 Å². The first-order chi connectivity index (χ1) is 9.51. The number of ketones is 1. The van der Waals surface area contributed by atoms with Gasteiger partial charge in [-0.15, -0.1) is 0 Å². The SMILES string of the molecule is CCOc1ccc(C(=O)c2cc(N)cc(F)c2)cc1Br. The van der Waals surface area contributed by atoms with Crippen molar-refractivity contribution in [3.05, 3.63) is 57.8 Å². The van der Waals surface area contributed by atoms with E-state index in [1.54, 1.807) is 18.2 Å². The van der Waals surface area contributed by atoms with Crippen molar-refractivity contribution in [3.8, 4) is 5.75 Å². The summed E-state index contributed by atoms with van der Waals surface area (Å²) >= 11 is 3.34. The molecule has 20 heavy (non-hydrogen) atoms. The first-order valence-corrected chi connectivity index (χ1v) is 6.83. The average molecular weight is 338 g/mol. The molecular formula is C15H13BrFNO2. The van der Waals surface area contributed by atoms with Crippen LogP contribution in [0.5, 0.6) is 5.75 Å². The van der Waals surface area contributed by atoms with Gasteiger partial charge >= 0.3 is 0 Å². The first-order valence-electron chi connectivity index (χ1n) is 6.04. The van der Waals surface area contributed by atoms with Gasteiger partial charge in [-0.1, -0.05) is 0 Å². The Kier molecular flexibility index (Phi) is 4.39. The van der Waals surface area contributed by atoms with Crippen LogP contribution in [0.3, 0.4) is 0 Å². The summed E-state index contributed by atoms with van der Waals surface area (Å²) in [7, 11) is 0. The van der Waals surface area contributed by atoms with Gasteiger partial charge in [0.05, 0.1) is 11.1 Å². The molecule has 0 atom stereocenters. The minimum Gasteiger partial charge on any atom is -0.493 e. The highest BCUT2D eigenvalue weighted by Gasteiger charge is 2.13. The van der Waals surface area contributed by atoms with Crippen LogP contribution in [-0.2, 0) is 0 Å². The number of carbonyl (C=O) groups is 1. The Morgan fingerprint density at radius 2 is 2.00 bits per heavy atom. The van der Waals surface area contributed by atoms with E-state index in [-0.39, 0.29) is 17.0 Å². The molecule has 0 aliphatic rings. The molecule has 0 saturated carbocycles. The van der Waals surface area contributed by atoms with Gasteiger partial charge in [0.2, 0.25) is 0 Å². The lowest BCUT2D eigenvalue weighted by molar-refractivity contribution is 0.103. The molecule has 0 unspecified atom stereocenters. The van der Waals surface area contributed by atoms with Gasteiger partial charge in [0.25, 0.3) is 0 Å². The number of carbonyl (C=O) groups excluding carboxylic acids is 1. The van der Waals surface area contributed by atoms with Crippen LogP contribution in [0.25, 0.3) is 0 Å². The van der Waals surface area contributed by atoms with E-state index in [4.69, 9.17) is 10.5 Å². The third-order valence-corrected chi connectivity index (χ3v) is 3.30. The number of benzene rings is 2. The molecule has 0 bridgehead atoms. The standard InChI is InChI=1S/C15H13BrFNO2/c1-2-20-14-4-3-9(7-13(14)16)15(19)10-5-11(17)8-12(18)6-10/h3-8H,2,18H2,1H3. The predicted octanol–water partition coefficient (Wildman–Crippen LogP) is 3.80. The minimum absolute atomic E-state index is 0.221. The van der Waals surface area contributed by atoms with Crippen LogP contribution in [0.1, 0.15) is 22.8 Å². The quantitative estimate of drug-likeness (QED) is 0.681. The summed E-state index contributed by atoms with van der Waals surface area (Å²) in [6, 6.07) is 8.78. The molecule has 0 radical (unpaired) electrons. The number of anilines is 1. The normalized spacial score (nSPS) is 10.3. The lowest BCUT2D eigenvalue weighted by atomic mass is 10.0. The van der Waals surface area contributed by atoms with Crippen molar-refractivity contribution in [2.24, 2.45) is 0 Å². The predicted molar refractivity (Wildman–Crippen MR) is 79.6 cm³/mol. The second-order valence-corrected chi connectivity index (χ2v) is 5.03. The summed E-state index contributed by atoms with van der Waals surface area (Å²) in [5.41, 5.74) is 6.42. The Morgan fingerprint density at radius 1 is 1.25 bits per heavy atom. The summed E-state index contributed by atoms with van der Waals surface area (Å²) in [5, 5.41) is 0. The molecule has 3 nitrogen and oxygen atoms in total. The molecule has 2 N–H and O–H groups in total. The highest BCUT2D eigenvalue weighted by Crippen LogP contribution is 2.27. The molecule has 0 spiro atoms. The fraction of sp³-hybridized carbons (Fsp3) is 0.133. The van der Waals surface area contributed by atoms with Crippen LogP contribution < -0.4 is 10.5 Å². The molecule has 2 rings (SSSR count). The Bertz CT molecular complexity index is 638. The van der Waals surface area contributed by atoms with Gasteiger partial charge in [-0.3, -0.25) is 4.79 Å². The van der Waals surface area contributed by atoms with Gasteiger partial charge in [0.15, 0.2) is 5.78 Å². The summed E-state index contributed by atoms with van der Waals surface area (Å²) in [5.74, 6) is -0.166.